The second-order valence-electron chi connectivity index (χ2n) is 8.22. The van der Waals surface area contributed by atoms with Crippen molar-refractivity contribution in [1.82, 2.24) is 14.9 Å². The lowest BCUT2D eigenvalue weighted by Crippen LogP contribution is -2.33. The Bertz CT molecular complexity index is 1380. The van der Waals surface area contributed by atoms with Crippen LogP contribution in [0, 0.1) is 0 Å². The van der Waals surface area contributed by atoms with E-state index in [1.807, 2.05) is 42.5 Å². The lowest BCUT2D eigenvalue weighted by molar-refractivity contribution is 0.162. The molecule has 2 N–H and O–H groups in total. The predicted molar refractivity (Wildman–Crippen MR) is 138 cm³/mol. The molecule has 2 heterocycles. The number of fused-ring (bicyclic) bond motifs is 1. The molecular formula is C26H24ClN5O3. The molecule has 5 rings (SSSR count). The van der Waals surface area contributed by atoms with Crippen molar-refractivity contribution >= 4 is 45.9 Å². The van der Waals surface area contributed by atoms with Crippen LogP contribution in [-0.4, -0.2) is 59.4 Å². The molecular weight excluding hydrogens is 466 g/mol. The zero-order valence-electron chi connectivity index (χ0n) is 19.1. The van der Waals surface area contributed by atoms with Crippen LogP contribution in [0.4, 0.5) is 22.1 Å². The van der Waals surface area contributed by atoms with E-state index in [9.17, 15) is 9.90 Å². The topological polar surface area (TPSA) is 90.8 Å². The predicted octanol–water partition coefficient (Wildman–Crippen LogP) is 5.29. The van der Waals surface area contributed by atoms with Crippen LogP contribution in [-0.2, 0) is 4.74 Å². The molecule has 8 nitrogen and oxygen atoms in total. The average molecular weight is 490 g/mol. The lowest BCUT2D eigenvalue weighted by Gasteiger charge is -2.18. The van der Waals surface area contributed by atoms with E-state index in [2.05, 4.69) is 15.3 Å². The third kappa shape index (κ3) is 4.84. The number of hydrogen-bond donors (Lipinski definition) is 2. The van der Waals surface area contributed by atoms with E-state index in [0.29, 0.717) is 37.2 Å². The Morgan fingerprint density at radius 3 is 2.71 bits per heavy atom. The van der Waals surface area contributed by atoms with Gasteiger partial charge in [0.2, 0.25) is 5.95 Å². The summed E-state index contributed by atoms with van der Waals surface area (Å²) in [5, 5.41) is 14.4. The van der Waals surface area contributed by atoms with E-state index in [1.165, 1.54) is 0 Å². The summed E-state index contributed by atoms with van der Waals surface area (Å²) in [5.41, 5.74) is 4.06. The number of ether oxygens (including phenoxy) is 1. The van der Waals surface area contributed by atoms with E-state index in [0.717, 1.165) is 33.4 Å². The molecule has 9 heteroatoms. The van der Waals surface area contributed by atoms with Gasteiger partial charge in [-0.15, -0.1) is 0 Å². The lowest BCUT2D eigenvalue weighted by atomic mass is 10.0. The number of nitrogens with one attached hydrogen (secondary N) is 1. The molecule has 178 valence electrons. The number of carbonyl (C=O) groups excluding carboxylic acids is 1. The monoisotopic (exact) mass is 489 g/mol. The Hall–Kier alpha value is -3.88. The van der Waals surface area contributed by atoms with Gasteiger partial charge in [0, 0.05) is 60.3 Å². The van der Waals surface area contributed by atoms with E-state index in [1.54, 1.807) is 41.3 Å². The smallest absolute Gasteiger partial charge is 0.324 e. The van der Waals surface area contributed by atoms with Crippen molar-refractivity contribution in [3.05, 3.63) is 71.9 Å². The van der Waals surface area contributed by atoms with Gasteiger partial charge in [0.15, 0.2) is 0 Å². The minimum absolute atomic E-state index is 0.00741. The Balaban J connectivity index is 1.30. The first kappa shape index (κ1) is 22.9. The van der Waals surface area contributed by atoms with Crippen LogP contribution >= 0.6 is 11.6 Å². The fourth-order valence-electron chi connectivity index (χ4n) is 4.08. The molecule has 0 bridgehead atoms. The minimum atomic E-state index is -0.00741. The van der Waals surface area contributed by atoms with Crippen LogP contribution in [0.1, 0.15) is 0 Å². The molecule has 0 saturated carbocycles. The third-order valence-corrected chi connectivity index (χ3v) is 6.27. The Kier molecular flexibility index (Phi) is 6.39. The normalized spacial score (nSPS) is 13.6. The highest BCUT2D eigenvalue weighted by molar-refractivity contribution is 6.33. The molecule has 0 radical (unpaired) electrons. The van der Waals surface area contributed by atoms with Crippen molar-refractivity contribution in [2.24, 2.45) is 0 Å². The number of aromatic nitrogens is 2. The zero-order chi connectivity index (χ0) is 24.4. The van der Waals surface area contributed by atoms with Crippen LogP contribution in [0.2, 0.25) is 5.02 Å². The average Bonchev–Trinajstić information content (AvgIpc) is 3.24. The molecule has 1 aliphatic rings. The molecule has 4 aromatic rings. The van der Waals surface area contributed by atoms with E-state index in [4.69, 9.17) is 16.3 Å². The molecule has 0 aliphatic carbocycles. The highest BCUT2D eigenvalue weighted by Crippen LogP contribution is 2.33. The van der Waals surface area contributed by atoms with Gasteiger partial charge in [0.05, 0.1) is 12.1 Å². The summed E-state index contributed by atoms with van der Waals surface area (Å²) in [7, 11) is 1.63. The number of rotatable bonds is 7. The SMILES string of the molecule is COCCN1CCN(c2ccc(Nc3ncc4cc(-c5cc(O)ccc5Cl)ccc4n3)cc2)C1=O. The molecule has 1 saturated heterocycles. The maximum Gasteiger partial charge on any atom is 0.324 e. The number of phenols is 1. The number of benzene rings is 3. The number of carbonyl (C=O) groups is 1. The summed E-state index contributed by atoms with van der Waals surface area (Å²) in [6.45, 7) is 2.46. The van der Waals surface area contributed by atoms with Crippen molar-refractivity contribution in [3.63, 3.8) is 0 Å². The van der Waals surface area contributed by atoms with Gasteiger partial charge in [-0.25, -0.2) is 14.8 Å². The van der Waals surface area contributed by atoms with Gasteiger partial charge in [-0.05, 0) is 60.2 Å². The fraction of sp³-hybridized carbons (Fsp3) is 0.192. The second kappa shape index (κ2) is 9.77. The number of aromatic hydroxyl groups is 1. The number of phenolic OH excluding ortho intramolecular Hbond substituents is 1. The standard InChI is InChI=1S/C26H24ClN5O3/c1-35-13-12-31-10-11-32(26(31)34)20-5-3-19(4-6-20)29-25-28-16-18-14-17(2-9-24(18)30-25)22-15-21(33)7-8-23(22)27/h2-9,14-16,33H,10-13H2,1H3,(H,28,29,30). The third-order valence-electron chi connectivity index (χ3n) is 5.94. The zero-order valence-corrected chi connectivity index (χ0v) is 19.9. The van der Waals surface area contributed by atoms with Crippen molar-refractivity contribution in [2.45, 2.75) is 0 Å². The van der Waals surface area contributed by atoms with Crippen molar-refractivity contribution in [3.8, 4) is 16.9 Å². The number of halogens is 1. The number of methoxy groups -OCH3 is 1. The highest BCUT2D eigenvalue weighted by Gasteiger charge is 2.29. The first-order valence-electron chi connectivity index (χ1n) is 11.2. The van der Waals surface area contributed by atoms with Crippen LogP contribution < -0.4 is 10.2 Å². The Labute approximate surface area is 207 Å². The Morgan fingerprint density at radius 1 is 1.09 bits per heavy atom. The fourth-order valence-corrected chi connectivity index (χ4v) is 4.31. The number of hydrogen-bond acceptors (Lipinski definition) is 6. The molecule has 35 heavy (non-hydrogen) atoms. The van der Waals surface area contributed by atoms with Gasteiger partial charge in [0.25, 0.3) is 0 Å². The van der Waals surface area contributed by atoms with Crippen LogP contribution in [0.5, 0.6) is 5.75 Å². The van der Waals surface area contributed by atoms with Crippen LogP contribution in [0.25, 0.3) is 22.0 Å². The summed E-state index contributed by atoms with van der Waals surface area (Å²) in [6, 6.07) is 18.2. The number of amides is 2. The van der Waals surface area contributed by atoms with Crippen LogP contribution in [0.3, 0.4) is 0 Å². The number of urea groups is 1. The highest BCUT2D eigenvalue weighted by atomic mass is 35.5. The summed E-state index contributed by atoms with van der Waals surface area (Å²) >= 11 is 6.30. The van der Waals surface area contributed by atoms with E-state index >= 15 is 0 Å². The van der Waals surface area contributed by atoms with Gasteiger partial charge >= 0.3 is 6.03 Å². The molecule has 0 spiro atoms. The van der Waals surface area contributed by atoms with Gasteiger partial charge in [-0.2, -0.15) is 0 Å². The summed E-state index contributed by atoms with van der Waals surface area (Å²) in [4.78, 5) is 25.2. The van der Waals surface area contributed by atoms with Gasteiger partial charge in [-0.1, -0.05) is 17.7 Å². The second-order valence-corrected chi connectivity index (χ2v) is 8.62. The van der Waals surface area contributed by atoms with Gasteiger partial charge in [0.1, 0.15) is 5.75 Å². The molecule has 1 aromatic heterocycles. The summed E-state index contributed by atoms with van der Waals surface area (Å²) < 4.78 is 5.08. The van der Waals surface area contributed by atoms with Crippen LogP contribution in [0.15, 0.2) is 66.9 Å². The quantitative estimate of drug-likeness (QED) is 0.366. The minimum Gasteiger partial charge on any atom is -0.508 e. The van der Waals surface area contributed by atoms with Crippen molar-refractivity contribution < 1.29 is 14.6 Å². The molecule has 3 aromatic carbocycles. The van der Waals surface area contributed by atoms with E-state index in [-0.39, 0.29) is 11.8 Å². The maximum atomic E-state index is 12.6. The van der Waals surface area contributed by atoms with Crippen molar-refractivity contribution in [1.29, 1.82) is 0 Å². The molecule has 1 aliphatic heterocycles. The van der Waals surface area contributed by atoms with Crippen molar-refractivity contribution in [2.75, 3.05) is 43.6 Å². The van der Waals surface area contributed by atoms with Gasteiger partial charge < -0.3 is 20.1 Å². The van der Waals surface area contributed by atoms with E-state index < -0.39 is 0 Å². The molecule has 2 amide bonds. The summed E-state index contributed by atoms with van der Waals surface area (Å²) in [5.74, 6) is 0.625. The summed E-state index contributed by atoms with van der Waals surface area (Å²) in [6.07, 6.45) is 1.75. The largest absolute Gasteiger partial charge is 0.508 e. The Morgan fingerprint density at radius 2 is 1.91 bits per heavy atom. The molecule has 0 atom stereocenters. The number of anilines is 3. The number of nitrogens with zero attached hydrogens (tertiary/aromatic N) is 4. The first-order valence-corrected chi connectivity index (χ1v) is 11.6. The van der Waals surface area contributed by atoms with Gasteiger partial charge in [-0.3, -0.25) is 4.90 Å². The first-order chi connectivity index (χ1) is 17.0. The molecule has 1 fully saturated rings. The molecule has 0 unspecified atom stereocenters. The maximum absolute atomic E-state index is 12.6.